The van der Waals surface area contributed by atoms with Crippen LogP contribution in [0.5, 0.6) is 5.75 Å². The average molecular weight is 345 g/mol. The Kier molecular flexibility index (Phi) is 4.65. The van der Waals surface area contributed by atoms with E-state index in [1.807, 2.05) is 50.2 Å². The van der Waals surface area contributed by atoms with Crippen molar-refractivity contribution in [3.63, 3.8) is 0 Å². The first-order chi connectivity index (χ1) is 11.4. The lowest BCUT2D eigenvalue weighted by atomic mass is 10.0. The molecule has 1 aliphatic carbocycles. The second-order valence-electron chi connectivity index (χ2n) is 6.48. The van der Waals surface area contributed by atoms with Crippen LogP contribution >= 0.6 is 0 Å². The van der Waals surface area contributed by atoms with E-state index in [-0.39, 0.29) is 6.04 Å². The maximum atomic E-state index is 12.9. The van der Waals surface area contributed by atoms with Crippen LogP contribution in [0, 0.1) is 19.8 Å². The van der Waals surface area contributed by atoms with Gasteiger partial charge in [0.15, 0.2) is 0 Å². The van der Waals surface area contributed by atoms with Gasteiger partial charge >= 0.3 is 0 Å². The van der Waals surface area contributed by atoms with Gasteiger partial charge in [-0.25, -0.2) is 13.1 Å². The highest BCUT2D eigenvalue weighted by atomic mass is 32.2. The number of benzene rings is 2. The molecule has 0 aromatic heterocycles. The summed E-state index contributed by atoms with van der Waals surface area (Å²) in [5.74, 6) is 1.13. The van der Waals surface area contributed by atoms with Gasteiger partial charge < -0.3 is 4.74 Å². The Morgan fingerprint density at radius 1 is 1.08 bits per heavy atom. The maximum Gasteiger partial charge on any atom is 0.241 e. The van der Waals surface area contributed by atoms with Crippen molar-refractivity contribution in [2.24, 2.45) is 5.92 Å². The van der Waals surface area contributed by atoms with E-state index in [1.165, 1.54) is 0 Å². The third-order valence-electron chi connectivity index (χ3n) is 4.47. The van der Waals surface area contributed by atoms with Gasteiger partial charge in [-0.3, -0.25) is 0 Å². The highest BCUT2D eigenvalue weighted by Crippen LogP contribution is 2.42. The Balaban J connectivity index is 1.89. The van der Waals surface area contributed by atoms with Gasteiger partial charge in [-0.2, -0.15) is 0 Å². The van der Waals surface area contributed by atoms with Gasteiger partial charge in [-0.15, -0.1) is 0 Å². The van der Waals surface area contributed by atoms with Gasteiger partial charge in [-0.05, 0) is 61.9 Å². The number of sulfonamides is 1. The van der Waals surface area contributed by atoms with Crippen LogP contribution in [-0.2, 0) is 10.0 Å². The van der Waals surface area contributed by atoms with Crippen LogP contribution in [0.1, 0.15) is 35.6 Å². The molecule has 5 heteroatoms. The molecule has 1 fully saturated rings. The van der Waals surface area contributed by atoms with Crippen LogP contribution in [0.2, 0.25) is 0 Å². The number of hydrogen-bond acceptors (Lipinski definition) is 3. The Morgan fingerprint density at radius 3 is 2.29 bits per heavy atom. The number of aryl methyl sites for hydroxylation is 2. The summed E-state index contributed by atoms with van der Waals surface area (Å²) in [6, 6.07) is 12.8. The molecule has 1 atom stereocenters. The Hall–Kier alpha value is -1.85. The quantitative estimate of drug-likeness (QED) is 0.868. The number of methoxy groups -OCH3 is 1. The first-order valence-corrected chi connectivity index (χ1v) is 9.62. The highest BCUT2D eigenvalue weighted by molar-refractivity contribution is 7.89. The highest BCUT2D eigenvalue weighted by Gasteiger charge is 2.35. The molecule has 0 radical (unpaired) electrons. The van der Waals surface area contributed by atoms with E-state index in [1.54, 1.807) is 13.2 Å². The van der Waals surface area contributed by atoms with Crippen LogP contribution in [-0.4, -0.2) is 15.5 Å². The molecule has 4 nitrogen and oxygen atoms in total. The summed E-state index contributed by atoms with van der Waals surface area (Å²) in [5.41, 5.74) is 2.80. The second kappa shape index (κ2) is 6.57. The molecule has 1 unspecified atom stereocenters. The van der Waals surface area contributed by atoms with E-state index in [4.69, 9.17) is 4.74 Å². The molecule has 3 rings (SSSR count). The van der Waals surface area contributed by atoms with Crippen LogP contribution in [0.4, 0.5) is 0 Å². The molecule has 24 heavy (non-hydrogen) atoms. The zero-order valence-electron chi connectivity index (χ0n) is 14.2. The minimum atomic E-state index is -3.56. The fourth-order valence-electron chi connectivity index (χ4n) is 3.01. The van der Waals surface area contributed by atoms with E-state index < -0.39 is 10.0 Å². The van der Waals surface area contributed by atoms with Crippen molar-refractivity contribution in [2.45, 2.75) is 37.6 Å². The van der Waals surface area contributed by atoms with E-state index in [2.05, 4.69) is 4.72 Å². The minimum absolute atomic E-state index is 0.193. The summed E-state index contributed by atoms with van der Waals surface area (Å²) in [4.78, 5) is 0.354. The molecule has 1 N–H and O–H groups in total. The standard InChI is InChI=1S/C19H23NO3S/c1-13-4-11-18(14(2)12-13)24(21,22)20-19(15-5-6-15)16-7-9-17(23-3)10-8-16/h4,7-12,15,19-20H,5-6H2,1-3H3. The molecule has 1 saturated carbocycles. The van der Waals surface area contributed by atoms with Crippen molar-refractivity contribution in [2.75, 3.05) is 7.11 Å². The molecular formula is C19H23NO3S. The smallest absolute Gasteiger partial charge is 0.241 e. The zero-order chi connectivity index (χ0) is 17.3. The molecule has 128 valence electrons. The molecule has 2 aromatic carbocycles. The number of rotatable bonds is 6. The molecule has 0 saturated heterocycles. The van der Waals surface area contributed by atoms with E-state index in [0.29, 0.717) is 10.8 Å². The fraction of sp³-hybridized carbons (Fsp3) is 0.368. The van der Waals surface area contributed by atoms with Crippen LogP contribution in [0.3, 0.4) is 0 Å². The van der Waals surface area contributed by atoms with E-state index >= 15 is 0 Å². The second-order valence-corrected chi connectivity index (χ2v) is 8.16. The number of nitrogens with one attached hydrogen (secondary N) is 1. The van der Waals surface area contributed by atoms with Crippen LogP contribution < -0.4 is 9.46 Å². The average Bonchev–Trinajstić information content (AvgIpc) is 3.37. The number of hydrogen-bond donors (Lipinski definition) is 1. The Morgan fingerprint density at radius 2 is 1.75 bits per heavy atom. The minimum Gasteiger partial charge on any atom is -0.497 e. The van der Waals surface area contributed by atoms with Crippen molar-refractivity contribution < 1.29 is 13.2 Å². The summed E-state index contributed by atoms with van der Waals surface area (Å²) in [6.45, 7) is 3.79. The lowest BCUT2D eigenvalue weighted by molar-refractivity contribution is 0.414. The van der Waals surface area contributed by atoms with Gasteiger partial charge in [0.2, 0.25) is 10.0 Å². The van der Waals surface area contributed by atoms with Gasteiger partial charge in [0.1, 0.15) is 5.75 Å². The monoisotopic (exact) mass is 345 g/mol. The Labute approximate surface area is 143 Å². The van der Waals surface area contributed by atoms with Crippen LogP contribution in [0.15, 0.2) is 47.4 Å². The lowest BCUT2D eigenvalue weighted by Crippen LogP contribution is -2.30. The van der Waals surface area contributed by atoms with Crippen molar-refractivity contribution in [1.29, 1.82) is 0 Å². The Bertz CT molecular complexity index is 824. The van der Waals surface area contributed by atoms with E-state index in [0.717, 1.165) is 35.3 Å². The molecule has 2 aromatic rings. The zero-order valence-corrected chi connectivity index (χ0v) is 15.1. The predicted molar refractivity (Wildman–Crippen MR) is 94.7 cm³/mol. The summed E-state index contributed by atoms with van der Waals surface area (Å²) < 4.78 is 33.8. The third kappa shape index (κ3) is 3.62. The van der Waals surface area contributed by atoms with Crippen molar-refractivity contribution >= 4 is 10.0 Å². The molecule has 1 aliphatic rings. The topological polar surface area (TPSA) is 55.4 Å². The summed E-state index contributed by atoms with van der Waals surface area (Å²) in [6.07, 6.45) is 2.10. The first kappa shape index (κ1) is 17.0. The lowest BCUT2D eigenvalue weighted by Gasteiger charge is -2.20. The van der Waals surface area contributed by atoms with Gasteiger partial charge in [0.05, 0.1) is 12.0 Å². The third-order valence-corrected chi connectivity index (χ3v) is 6.07. The summed E-state index contributed by atoms with van der Waals surface area (Å²) in [5, 5.41) is 0. The molecule has 0 aliphatic heterocycles. The summed E-state index contributed by atoms with van der Waals surface area (Å²) >= 11 is 0. The fourth-order valence-corrected chi connectivity index (χ4v) is 4.53. The first-order valence-electron chi connectivity index (χ1n) is 8.14. The van der Waals surface area contributed by atoms with Crippen molar-refractivity contribution in [3.8, 4) is 5.75 Å². The molecule has 0 spiro atoms. The maximum absolute atomic E-state index is 12.9. The van der Waals surface area contributed by atoms with Crippen LogP contribution in [0.25, 0.3) is 0 Å². The molecule has 0 bridgehead atoms. The van der Waals surface area contributed by atoms with Gasteiger partial charge in [0, 0.05) is 6.04 Å². The largest absolute Gasteiger partial charge is 0.497 e. The van der Waals surface area contributed by atoms with Crippen molar-refractivity contribution in [1.82, 2.24) is 4.72 Å². The van der Waals surface area contributed by atoms with Crippen molar-refractivity contribution in [3.05, 3.63) is 59.2 Å². The predicted octanol–water partition coefficient (Wildman–Crippen LogP) is 3.74. The normalized spacial score (nSPS) is 16.0. The van der Waals surface area contributed by atoms with Gasteiger partial charge in [0.25, 0.3) is 0 Å². The van der Waals surface area contributed by atoms with Gasteiger partial charge in [-0.1, -0.05) is 29.8 Å². The number of ether oxygens (including phenoxy) is 1. The molecule has 0 amide bonds. The SMILES string of the molecule is COc1ccc(C(NS(=O)(=O)c2ccc(C)cc2C)C2CC2)cc1. The molecule has 0 heterocycles. The van der Waals surface area contributed by atoms with E-state index in [9.17, 15) is 8.42 Å². The molecular weight excluding hydrogens is 322 g/mol. The summed E-state index contributed by atoms with van der Waals surface area (Å²) in [7, 11) is -1.94.